The molecular weight excluding hydrogens is 1320 g/mol. The van der Waals surface area contributed by atoms with E-state index in [1.807, 2.05) is 72.8 Å². The first kappa shape index (κ1) is 67.7. The Morgan fingerprint density at radius 3 is 0.854 bits per heavy atom. The van der Waals surface area contributed by atoms with Crippen molar-refractivity contribution in [2.24, 2.45) is 0 Å². The highest BCUT2D eigenvalue weighted by Crippen LogP contribution is 2.36. The number of piperidine rings is 3. The molecule has 3 N–H and O–H groups in total. The van der Waals surface area contributed by atoms with Crippen LogP contribution in [-0.2, 0) is 33.6 Å². The summed E-state index contributed by atoms with van der Waals surface area (Å²) in [6.07, 6.45) is 8.05. The summed E-state index contributed by atoms with van der Waals surface area (Å²) >= 11 is 0. The summed E-state index contributed by atoms with van der Waals surface area (Å²) in [6, 6.07) is 42.9. The van der Waals surface area contributed by atoms with Crippen LogP contribution in [0.1, 0.15) is 137 Å². The van der Waals surface area contributed by atoms with Crippen molar-refractivity contribution in [1.29, 1.82) is 0 Å². The second-order valence-corrected chi connectivity index (χ2v) is 25.5. The Bertz CT molecular complexity index is 4600. The quantitative estimate of drug-likeness (QED) is 0.0717. The Balaban J connectivity index is 0.000000220. The molecule has 526 valence electrons. The molecule has 15 rings (SSSR count). The van der Waals surface area contributed by atoms with Crippen molar-refractivity contribution < 1.29 is 62.5 Å². The number of amides is 8. The molecule has 0 atom stereocenters. The maximum atomic E-state index is 14.5. The number of hydrogen-bond donors (Lipinski definition) is 3. The van der Waals surface area contributed by atoms with Gasteiger partial charge in [-0.05, 0) is 203 Å². The number of carboxylic acids is 1. The summed E-state index contributed by atoms with van der Waals surface area (Å²) in [7, 11) is 4.66. The first-order chi connectivity index (χ1) is 50.1. The molecule has 27 nitrogen and oxygen atoms in total. The van der Waals surface area contributed by atoms with E-state index in [9.17, 15) is 48.3 Å². The zero-order chi connectivity index (χ0) is 71.6. The van der Waals surface area contributed by atoms with E-state index in [0.717, 1.165) is 55.6 Å². The van der Waals surface area contributed by atoms with E-state index in [1.54, 1.807) is 124 Å². The predicted octanol–water partition coefficient (Wildman–Crippen LogP) is 8.93. The number of rotatable bonds is 17. The van der Waals surface area contributed by atoms with Gasteiger partial charge >= 0.3 is 5.97 Å². The number of carbonyl (C=O) groups excluding carboxylic acids is 8. The molecule has 0 bridgehead atoms. The molecule has 9 heterocycles. The van der Waals surface area contributed by atoms with Crippen LogP contribution in [0.2, 0.25) is 0 Å². The minimum Gasteiger partial charge on any atom is -0.497 e. The van der Waals surface area contributed by atoms with Gasteiger partial charge in [-0.2, -0.15) is 15.3 Å². The molecule has 6 aliphatic rings. The van der Waals surface area contributed by atoms with Crippen LogP contribution >= 0.6 is 0 Å². The van der Waals surface area contributed by atoms with E-state index in [4.69, 9.17) is 24.4 Å². The SMILES string of the molecule is COc1ccc(-n2nc(C(=O)NCNC(=O)c3nn(-c4ccc(OC)cc4)c4c3CCN(c3ccc(N5CCCCC5=O)cc3)C4=O)c3c2C(=O)N(c2ccc(N4CCCCC4=O)cc2)CC3)cc1.COc1ccc(-n2nc(C(=O)O)c3c2C(=O)N(c2ccc(N4CCCCC4=O)cc2)CC3)cc1. The van der Waals surface area contributed by atoms with Gasteiger partial charge in [0.2, 0.25) is 17.7 Å². The number of methoxy groups -OCH3 is 3. The molecule has 27 heteroatoms. The van der Waals surface area contributed by atoms with Gasteiger partial charge in [0.1, 0.15) is 34.3 Å². The van der Waals surface area contributed by atoms with Crippen molar-refractivity contribution in [2.45, 2.75) is 77.0 Å². The standard InChI is InChI=1S/C51H50N10O8.C25H24N4O5/c1-68-38-21-17-36(18-22-38)60-46-40(25-29-58(50(46)66)34-13-9-32(10-14-34)56-27-5-3-7-42(56)62)44(54-60)48(64)52-31-53-49(65)45-41-26-30-59(35-15-11-33(12-16-35)57-28-6-4-8-43(57)63)51(67)47(41)61(55-45)37-19-23-39(69-2)24-20-37;1-34-19-11-9-18(10-12-19)29-23-20(22(26-29)25(32)33)13-15-28(24(23)31)17-7-5-16(6-8-17)27-14-3-2-4-21(27)30/h9-24H,3-8,25-31H2,1-2H3,(H,52,64)(H,53,65);5-12H,2-4,13-15H2,1H3,(H,32,33). The molecule has 0 spiro atoms. The van der Waals surface area contributed by atoms with E-state index in [-0.39, 0.29) is 89.4 Å². The Labute approximate surface area is 591 Å². The van der Waals surface area contributed by atoms with Crippen molar-refractivity contribution in [1.82, 2.24) is 40.0 Å². The summed E-state index contributed by atoms with van der Waals surface area (Å²) in [5, 5.41) is 28.8. The van der Waals surface area contributed by atoms with Gasteiger partial charge in [0.05, 0.1) is 45.1 Å². The van der Waals surface area contributed by atoms with Gasteiger partial charge in [0.15, 0.2) is 17.1 Å². The molecule has 103 heavy (non-hydrogen) atoms. The fourth-order valence-corrected chi connectivity index (χ4v) is 14.1. The molecule has 9 aromatic rings. The number of benzene rings is 6. The zero-order valence-corrected chi connectivity index (χ0v) is 57.0. The molecule has 3 fully saturated rings. The summed E-state index contributed by atoms with van der Waals surface area (Å²) in [5.74, 6) is -1.30. The molecule has 8 amide bonds. The van der Waals surface area contributed by atoms with Crippen LogP contribution in [0.4, 0.5) is 34.1 Å². The van der Waals surface area contributed by atoms with Gasteiger partial charge in [-0.3, -0.25) is 38.4 Å². The lowest BCUT2D eigenvalue weighted by Gasteiger charge is -2.30. The highest BCUT2D eigenvalue weighted by Gasteiger charge is 2.39. The monoisotopic (exact) mass is 1390 g/mol. The maximum absolute atomic E-state index is 14.5. The van der Waals surface area contributed by atoms with Crippen molar-refractivity contribution in [2.75, 3.05) is 96.7 Å². The lowest BCUT2D eigenvalue weighted by Crippen LogP contribution is -2.41. The van der Waals surface area contributed by atoms with Crippen molar-refractivity contribution in [3.63, 3.8) is 0 Å². The van der Waals surface area contributed by atoms with Crippen molar-refractivity contribution in [3.05, 3.63) is 196 Å². The highest BCUT2D eigenvalue weighted by atomic mass is 16.5. The van der Waals surface area contributed by atoms with Gasteiger partial charge < -0.3 is 59.4 Å². The number of nitrogens with one attached hydrogen (secondary N) is 2. The number of fused-ring (bicyclic) bond motifs is 3. The smallest absolute Gasteiger partial charge is 0.356 e. The van der Waals surface area contributed by atoms with Crippen LogP contribution in [0.15, 0.2) is 146 Å². The third-order valence-electron chi connectivity index (χ3n) is 19.5. The average Bonchev–Trinajstić information content (AvgIpc) is 1.63. The largest absolute Gasteiger partial charge is 0.497 e. The van der Waals surface area contributed by atoms with E-state index < -0.39 is 17.8 Å². The molecule has 0 radical (unpaired) electrons. The maximum Gasteiger partial charge on any atom is 0.356 e. The zero-order valence-electron chi connectivity index (χ0n) is 57.0. The number of anilines is 6. The number of carbonyl (C=O) groups is 9. The van der Waals surface area contributed by atoms with Gasteiger partial charge in [-0.25, -0.2) is 18.8 Å². The molecular formula is C76H74N14O13. The summed E-state index contributed by atoms with van der Waals surface area (Å²) in [4.78, 5) is 130. The first-order valence-electron chi connectivity index (χ1n) is 34.3. The van der Waals surface area contributed by atoms with Crippen LogP contribution in [0.25, 0.3) is 17.1 Å². The number of aromatic carboxylic acids is 1. The molecule has 6 aliphatic heterocycles. The van der Waals surface area contributed by atoms with Gasteiger partial charge in [-0.15, -0.1) is 0 Å². The highest BCUT2D eigenvalue weighted by molar-refractivity contribution is 6.12. The molecule has 3 aromatic heterocycles. The van der Waals surface area contributed by atoms with Gasteiger partial charge in [-0.1, -0.05) is 0 Å². The van der Waals surface area contributed by atoms with Crippen LogP contribution in [0.5, 0.6) is 17.2 Å². The lowest BCUT2D eigenvalue weighted by atomic mass is 10.0. The molecule has 0 saturated carbocycles. The predicted molar refractivity (Wildman–Crippen MR) is 381 cm³/mol. The molecule has 3 saturated heterocycles. The normalized spacial score (nSPS) is 16.0. The third-order valence-corrected chi connectivity index (χ3v) is 19.5. The van der Waals surface area contributed by atoms with E-state index >= 15 is 0 Å². The second kappa shape index (κ2) is 29.0. The van der Waals surface area contributed by atoms with E-state index in [1.165, 1.54) is 14.0 Å². The van der Waals surface area contributed by atoms with Gasteiger partial charge in [0, 0.05) is 109 Å². The molecule has 0 unspecified atom stereocenters. The van der Waals surface area contributed by atoms with Gasteiger partial charge in [0.25, 0.3) is 29.5 Å². The van der Waals surface area contributed by atoms with Crippen LogP contribution < -0.4 is 54.2 Å². The number of nitrogens with zero attached hydrogens (tertiary/aromatic N) is 12. The molecule has 6 aromatic carbocycles. The van der Waals surface area contributed by atoms with Crippen molar-refractivity contribution >= 4 is 87.4 Å². The van der Waals surface area contributed by atoms with Crippen LogP contribution in [-0.4, -0.2) is 155 Å². The Morgan fingerprint density at radius 1 is 0.340 bits per heavy atom. The Morgan fingerprint density at radius 2 is 0.592 bits per heavy atom. The number of ether oxygens (including phenoxy) is 3. The van der Waals surface area contributed by atoms with Crippen LogP contribution in [0, 0.1) is 0 Å². The van der Waals surface area contributed by atoms with E-state index in [2.05, 4.69) is 15.7 Å². The lowest BCUT2D eigenvalue weighted by molar-refractivity contribution is -0.120. The second-order valence-electron chi connectivity index (χ2n) is 25.5. The fourth-order valence-electron chi connectivity index (χ4n) is 14.1. The summed E-state index contributed by atoms with van der Waals surface area (Å²) in [5.41, 5.74) is 7.94. The number of carboxylic acid groups (broad SMARTS) is 1. The minimum absolute atomic E-state index is 0.0319. The van der Waals surface area contributed by atoms with E-state index in [0.29, 0.717) is 133 Å². The topological polar surface area (TPSA) is 299 Å². The Kier molecular flexibility index (Phi) is 19.1. The van der Waals surface area contributed by atoms with Crippen LogP contribution in [0.3, 0.4) is 0 Å². The third kappa shape index (κ3) is 13.3. The first-order valence-corrected chi connectivity index (χ1v) is 34.3. The summed E-state index contributed by atoms with van der Waals surface area (Å²) < 4.78 is 20.2. The number of aromatic nitrogens is 6. The van der Waals surface area contributed by atoms with Crippen molar-refractivity contribution in [3.8, 4) is 34.3 Å². The fraction of sp³-hybridized carbons (Fsp3) is 0.289. The molecule has 0 aliphatic carbocycles. The summed E-state index contributed by atoms with van der Waals surface area (Å²) in [6.45, 7) is 2.55. The Hall–Kier alpha value is -12.4. The average molecular weight is 1390 g/mol. The number of hydrogen-bond acceptors (Lipinski definition) is 15. The minimum atomic E-state index is -1.17.